The maximum absolute atomic E-state index is 3.93. The molecule has 0 saturated heterocycles. The second-order valence-corrected chi connectivity index (χ2v) is 3.57. The van der Waals surface area contributed by atoms with Crippen LogP contribution < -0.4 is 0 Å². The van der Waals surface area contributed by atoms with Crippen LogP contribution in [0.15, 0.2) is 12.2 Å². The van der Waals surface area contributed by atoms with E-state index >= 15 is 0 Å². The Morgan fingerprint density at radius 3 is 2.27 bits per heavy atom. The molecule has 0 aliphatic rings. The van der Waals surface area contributed by atoms with Gasteiger partial charge in [-0.25, -0.2) is 0 Å². The molecule has 0 aliphatic carbocycles. The molecule has 0 unspecified atom stereocenters. The third-order valence-electron chi connectivity index (χ3n) is 1.94. The molecule has 0 spiro atoms. The van der Waals surface area contributed by atoms with Crippen LogP contribution in [0, 0.1) is 0 Å². The molecule has 0 aromatic heterocycles. The Balaban J connectivity index is 3.79. The van der Waals surface area contributed by atoms with Gasteiger partial charge in [-0.3, -0.25) is 0 Å². The summed E-state index contributed by atoms with van der Waals surface area (Å²) in [4.78, 5) is 2.29. The fourth-order valence-corrected chi connectivity index (χ4v) is 1.28. The molecule has 0 aliphatic heterocycles. The van der Waals surface area contributed by atoms with Gasteiger partial charge in [0.2, 0.25) is 0 Å². The van der Waals surface area contributed by atoms with Gasteiger partial charge in [0.25, 0.3) is 0 Å². The SMILES string of the molecule is C=C(C)C[C@@H](CCC)N(C)C. The van der Waals surface area contributed by atoms with Crippen LogP contribution in [0.2, 0.25) is 0 Å². The lowest BCUT2D eigenvalue weighted by atomic mass is 10.0. The standard InChI is InChI=1S/C10H21N/c1-6-7-10(11(4)5)8-9(2)3/h10H,2,6-8H2,1,3-5H3/t10-/m1/s1. The van der Waals surface area contributed by atoms with Gasteiger partial charge in [-0.05, 0) is 33.9 Å². The lowest BCUT2D eigenvalue weighted by molar-refractivity contribution is 0.275. The zero-order chi connectivity index (χ0) is 8.85. The quantitative estimate of drug-likeness (QED) is 0.552. The Morgan fingerprint density at radius 2 is 2.00 bits per heavy atom. The number of hydrogen-bond donors (Lipinski definition) is 0. The summed E-state index contributed by atoms with van der Waals surface area (Å²) in [6.07, 6.45) is 3.68. The molecule has 66 valence electrons. The summed E-state index contributed by atoms with van der Waals surface area (Å²) in [6.45, 7) is 8.27. The highest BCUT2D eigenvalue weighted by Crippen LogP contribution is 2.11. The Labute approximate surface area is 71.1 Å². The summed E-state index contributed by atoms with van der Waals surface area (Å²) >= 11 is 0. The molecule has 0 bridgehead atoms. The first-order valence-electron chi connectivity index (χ1n) is 4.38. The summed E-state index contributed by atoms with van der Waals surface area (Å²) in [6, 6.07) is 0.692. The fourth-order valence-electron chi connectivity index (χ4n) is 1.28. The van der Waals surface area contributed by atoms with E-state index in [9.17, 15) is 0 Å². The Hall–Kier alpha value is -0.300. The average molecular weight is 155 g/mol. The highest BCUT2D eigenvalue weighted by molar-refractivity contribution is 4.92. The van der Waals surface area contributed by atoms with Crippen LogP contribution in [0.1, 0.15) is 33.1 Å². The van der Waals surface area contributed by atoms with Crippen molar-refractivity contribution in [2.45, 2.75) is 39.2 Å². The molecule has 0 fully saturated rings. The first kappa shape index (κ1) is 10.7. The predicted octanol–water partition coefficient (Wildman–Crippen LogP) is 2.68. The van der Waals surface area contributed by atoms with E-state index in [-0.39, 0.29) is 0 Å². The third-order valence-corrected chi connectivity index (χ3v) is 1.94. The number of nitrogens with zero attached hydrogens (tertiary/aromatic N) is 1. The van der Waals surface area contributed by atoms with Gasteiger partial charge in [0.1, 0.15) is 0 Å². The Kier molecular flexibility index (Phi) is 5.22. The third kappa shape index (κ3) is 5.02. The minimum Gasteiger partial charge on any atom is -0.306 e. The zero-order valence-corrected chi connectivity index (χ0v) is 8.35. The van der Waals surface area contributed by atoms with Crippen molar-refractivity contribution in [2.24, 2.45) is 0 Å². The average Bonchev–Trinajstić information content (AvgIpc) is 1.86. The highest BCUT2D eigenvalue weighted by Gasteiger charge is 2.08. The van der Waals surface area contributed by atoms with Crippen molar-refractivity contribution in [1.82, 2.24) is 4.90 Å². The van der Waals surface area contributed by atoms with Crippen LogP contribution in [0.3, 0.4) is 0 Å². The van der Waals surface area contributed by atoms with Crippen molar-refractivity contribution >= 4 is 0 Å². The largest absolute Gasteiger partial charge is 0.306 e. The summed E-state index contributed by atoms with van der Waals surface area (Å²) in [5.41, 5.74) is 1.29. The minimum atomic E-state index is 0.692. The van der Waals surface area contributed by atoms with E-state index in [1.165, 1.54) is 18.4 Å². The second-order valence-electron chi connectivity index (χ2n) is 3.57. The monoisotopic (exact) mass is 155 g/mol. The van der Waals surface area contributed by atoms with Gasteiger partial charge in [0.15, 0.2) is 0 Å². The predicted molar refractivity (Wildman–Crippen MR) is 51.8 cm³/mol. The van der Waals surface area contributed by atoms with Crippen LogP contribution in [0.4, 0.5) is 0 Å². The van der Waals surface area contributed by atoms with Crippen molar-refractivity contribution in [2.75, 3.05) is 14.1 Å². The number of rotatable bonds is 5. The fraction of sp³-hybridized carbons (Fsp3) is 0.800. The molecule has 0 rings (SSSR count). The summed E-state index contributed by atoms with van der Waals surface area (Å²) in [5.74, 6) is 0. The van der Waals surface area contributed by atoms with Crippen molar-refractivity contribution in [3.63, 3.8) is 0 Å². The van der Waals surface area contributed by atoms with Gasteiger partial charge in [-0.15, -0.1) is 6.58 Å². The van der Waals surface area contributed by atoms with Crippen LogP contribution >= 0.6 is 0 Å². The van der Waals surface area contributed by atoms with Crippen LogP contribution in [0.5, 0.6) is 0 Å². The van der Waals surface area contributed by atoms with Gasteiger partial charge >= 0.3 is 0 Å². The lowest BCUT2D eigenvalue weighted by Gasteiger charge is -2.23. The molecule has 0 N–H and O–H groups in total. The van der Waals surface area contributed by atoms with Crippen LogP contribution in [0.25, 0.3) is 0 Å². The topological polar surface area (TPSA) is 3.24 Å². The minimum absolute atomic E-state index is 0.692. The maximum atomic E-state index is 3.93. The van der Waals surface area contributed by atoms with Gasteiger partial charge < -0.3 is 4.90 Å². The Bertz CT molecular complexity index is 116. The van der Waals surface area contributed by atoms with E-state index in [0.717, 1.165) is 6.42 Å². The molecule has 0 amide bonds. The van der Waals surface area contributed by atoms with Crippen molar-refractivity contribution in [3.8, 4) is 0 Å². The summed E-state index contributed by atoms with van der Waals surface area (Å²) in [7, 11) is 4.28. The van der Waals surface area contributed by atoms with E-state index in [1.54, 1.807) is 0 Å². The van der Waals surface area contributed by atoms with Crippen molar-refractivity contribution in [1.29, 1.82) is 0 Å². The van der Waals surface area contributed by atoms with Crippen molar-refractivity contribution < 1.29 is 0 Å². The Morgan fingerprint density at radius 1 is 1.45 bits per heavy atom. The molecule has 1 heteroatoms. The van der Waals surface area contributed by atoms with E-state index in [2.05, 4.69) is 39.4 Å². The molecule has 0 aromatic carbocycles. The van der Waals surface area contributed by atoms with E-state index < -0.39 is 0 Å². The summed E-state index contributed by atoms with van der Waals surface area (Å²) < 4.78 is 0. The smallest absolute Gasteiger partial charge is 0.0126 e. The summed E-state index contributed by atoms with van der Waals surface area (Å²) in [5, 5.41) is 0. The molecule has 1 nitrogen and oxygen atoms in total. The molecule has 0 aromatic rings. The molecule has 0 radical (unpaired) electrons. The van der Waals surface area contributed by atoms with E-state index in [1.807, 2.05) is 0 Å². The molecule has 0 heterocycles. The molecular formula is C10H21N. The van der Waals surface area contributed by atoms with Crippen LogP contribution in [-0.4, -0.2) is 25.0 Å². The van der Waals surface area contributed by atoms with Gasteiger partial charge in [0, 0.05) is 6.04 Å². The van der Waals surface area contributed by atoms with Crippen molar-refractivity contribution in [3.05, 3.63) is 12.2 Å². The number of hydrogen-bond acceptors (Lipinski definition) is 1. The molecule has 0 saturated carbocycles. The first-order chi connectivity index (χ1) is 5.07. The normalized spacial score (nSPS) is 13.5. The van der Waals surface area contributed by atoms with Crippen LogP contribution in [-0.2, 0) is 0 Å². The van der Waals surface area contributed by atoms with Gasteiger partial charge in [-0.2, -0.15) is 0 Å². The van der Waals surface area contributed by atoms with E-state index in [4.69, 9.17) is 0 Å². The first-order valence-corrected chi connectivity index (χ1v) is 4.38. The lowest BCUT2D eigenvalue weighted by Crippen LogP contribution is -2.27. The molecule has 11 heavy (non-hydrogen) atoms. The van der Waals surface area contributed by atoms with Gasteiger partial charge in [0.05, 0.1) is 0 Å². The molecular weight excluding hydrogens is 134 g/mol. The molecule has 1 atom stereocenters. The van der Waals surface area contributed by atoms with Gasteiger partial charge in [-0.1, -0.05) is 18.9 Å². The second kappa shape index (κ2) is 5.36. The van der Waals surface area contributed by atoms with E-state index in [0.29, 0.717) is 6.04 Å². The zero-order valence-electron chi connectivity index (χ0n) is 8.35. The highest BCUT2D eigenvalue weighted by atomic mass is 15.1. The maximum Gasteiger partial charge on any atom is 0.0126 e.